The van der Waals surface area contributed by atoms with Gasteiger partial charge in [0.1, 0.15) is 5.82 Å². The summed E-state index contributed by atoms with van der Waals surface area (Å²) in [5.74, 6) is -0.190. The van der Waals surface area contributed by atoms with E-state index in [0.717, 1.165) is 22.4 Å². The smallest absolute Gasteiger partial charge is 0.123 e. The van der Waals surface area contributed by atoms with Crippen LogP contribution in [-0.2, 0) is 0 Å². The molecule has 0 saturated carbocycles. The van der Waals surface area contributed by atoms with Gasteiger partial charge in [-0.15, -0.1) is 0 Å². The van der Waals surface area contributed by atoms with Crippen molar-refractivity contribution in [3.8, 4) is 11.3 Å². The van der Waals surface area contributed by atoms with E-state index in [9.17, 15) is 4.39 Å². The Morgan fingerprint density at radius 3 is 2.27 bits per heavy atom. The van der Waals surface area contributed by atoms with Crippen molar-refractivity contribution >= 4 is 0 Å². The molecule has 2 heteroatoms. The number of benzene rings is 1. The molecule has 0 spiro atoms. The Labute approximate surface area is 88.6 Å². The summed E-state index contributed by atoms with van der Waals surface area (Å²) in [4.78, 5) is 4.28. The predicted molar refractivity (Wildman–Crippen MR) is 59.1 cm³/mol. The van der Waals surface area contributed by atoms with E-state index >= 15 is 0 Å². The second-order valence-electron chi connectivity index (χ2n) is 3.63. The zero-order valence-corrected chi connectivity index (χ0v) is 8.79. The maximum Gasteiger partial charge on any atom is 0.123 e. The molecule has 2 rings (SSSR count). The molecule has 1 aromatic carbocycles. The quantitative estimate of drug-likeness (QED) is 0.688. The van der Waals surface area contributed by atoms with Gasteiger partial charge in [0.25, 0.3) is 0 Å². The standard InChI is InChI=1S/C13H12FN/c1-9-7-11(14)8-10(2)13(9)12-5-3-4-6-15-12/h3-8H,1-2H3. The Hall–Kier alpha value is -1.70. The van der Waals surface area contributed by atoms with Crippen molar-refractivity contribution in [1.82, 2.24) is 4.98 Å². The number of hydrogen-bond donors (Lipinski definition) is 0. The van der Waals surface area contributed by atoms with Gasteiger partial charge in [0.2, 0.25) is 0 Å². The van der Waals surface area contributed by atoms with E-state index in [1.807, 2.05) is 32.0 Å². The number of pyridine rings is 1. The molecule has 15 heavy (non-hydrogen) atoms. The maximum absolute atomic E-state index is 13.1. The first-order valence-corrected chi connectivity index (χ1v) is 4.86. The second kappa shape index (κ2) is 3.81. The summed E-state index contributed by atoms with van der Waals surface area (Å²) in [6, 6.07) is 8.82. The summed E-state index contributed by atoms with van der Waals surface area (Å²) in [6.07, 6.45) is 1.75. The molecule has 0 aliphatic carbocycles. The van der Waals surface area contributed by atoms with Gasteiger partial charge < -0.3 is 0 Å². The average molecular weight is 201 g/mol. The lowest BCUT2D eigenvalue weighted by atomic mass is 9.99. The maximum atomic E-state index is 13.1. The fourth-order valence-corrected chi connectivity index (χ4v) is 1.83. The highest BCUT2D eigenvalue weighted by Gasteiger charge is 2.07. The van der Waals surface area contributed by atoms with Crippen LogP contribution in [0.3, 0.4) is 0 Å². The lowest BCUT2D eigenvalue weighted by Crippen LogP contribution is -1.92. The molecule has 0 N–H and O–H groups in total. The third-order valence-electron chi connectivity index (χ3n) is 2.42. The van der Waals surface area contributed by atoms with Crippen LogP contribution in [0.25, 0.3) is 11.3 Å². The van der Waals surface area contributed by atoms with E-state index in [-0.39, 0.29) is 5.82 Å². The van der Waals surface area contributed by atoms with Gasteiger partial charge in [-0.05, 0) is 49.2 Å². The highest BCUT2D eigenvalue weighted by atomic mass is 19.1. The number of aryl methyl sites for hydroxylation is 2. The van der Waals surface area contributed by atoms with Gasteiger partial charge in [0, 0.05) is 11.8 Å². The van der Waals surface area contributed by atoms with Gasteiger partial charge in [-0.3, -0.25) is 4.98 Å². The largest absolute Gasteiger partial charge is 0.256 e. The lowest BCUT2D eigenvalue weighted by molar-refractivity contribution is 0.625. The Bertz CT molecular complexity index is 454. The van der Waals surface area contributed by atoms with E-state index in [1.165, 1.54) is 12.1 Å². The Morgan fingerprint density at radius 1 is 1.07 bits per heavy atom. The van der Waals surface area contributed by atoms with Gasteiger partial charge in [0.15, 0.2) is 0 Å². The van der Waals surface area contributed by atoms with Crippen molar-refractivity contribution in [3.63, 3.8) is 0 Å². The van der Waals surface area contributed by atoms with Crippen LogP contribution in [-0.4, -0.2) is 4.98 Å². The van der Waals surface area contributed by atoms with Crippen LogP contribution < -0.4 is 0 Å². The molecule has 0 fully saturated rings. The monoisotopic (exact) mass is 201 g/mol. The first-order chi connectivity index (χ1) is 7.18. The van der Waals surface area contributed by atoms with Crippen molar-refractivity contribution in [3.05, 3.63) is 53.5 Å². The summed E-state index contributed by atoms with van der Waals surface area (Å²) in [6.45, 7) is 3.81. The Morgan fingerprint density at radius 2 is 1.73 bits per heavy atom. The molecule has 1 aromatic heterocycles. The molecular weight excluding hydrogens is 189 g/mol. The van der Waals surface area contributed by atoms with Crippen molar-refractivity contribution in [1.29, 1.82) is 0 Å². The van der Waals surface area contributed by atoms with Crippen molar-refractivity contribution in [2.75, 3.05) is 0 Å². The third-order valence-corrected chi connectivity index (χ3v) is 2.42. The minimum Gasteiger partial charge on any atom is -0.256 e. The SMILES string of the molecule is Cc1cc(F)cc(C)c1-c1ccccn1. The van der Waals surface area contributed by atoms with Crippen LogP contribution in [0.1, 0.15) is 11.1 Å². The van der Waals surface area contributed by atoms with Gasteiger partial charge in [-0.25, -0.2) is 4.39 Å². The number of halogens is 1. The van der Waals surface area contributed by atoms with Crippen LogP contribution in [0.4, 0.5) is 4.39 Å². The highest BCUT2D eigenvalue weighted by Crippen LogP contribution is 2.25. The molecule has 1 nitrogen and oxygen atoms in total. The molecule has 0 amide bonds. The molecule has 0 aliphatic rings. The van der Waals surface area contributed by atoms with Crippen molar-refractivity contribution in [2.45, 2.75) is 13.8 Å². The van der Waals surface area contributed by atoms with Gasteiger partial charge >= 0.3 is 0 Å². The molecule has 0 radical (unpaired) electrons. The summed E-state index contributed by atoms with van der Waals surface area (Å²) in [5, 5.41) is 0. The molecule has 1 heterocycles. The molecule has 0 unspecified atom stereocenters. The van der Waals surface area contributed by atoms with Gasteiger partial charge in [0.05, 0.1) is 5.69 Å². The minimum atomic E-state index is -0.190. The summed E-state index contributed by atoms with van der Waals surface area (Å²) >= 11 is 0. The number of rotatable bonds is 1. The Balaban J connectivity index is 2.64. The van der Waals surface area contributed by atoms with Crippen LogP contribution in [0.15, 0.2) is 36.5 Å². The highest BCUT2D eigenvalue weighted by molar-refractivity contribution is 5.67. The van der Waals surface area contributed by atoms with E-state index in [0.29, 0.717) is 0 Å². The fraction of sp³-hybridized carbons (Fsp3) is 0.154. The molecule has 0 bridgehead atoms. The summed E-state index contributed by atoms with van der Waals surface area (Å²) < 4.78 is 13.1. The minimum absolute atomic E-state index is 0.190. The van der Waals surface area contributed by atoms with E-state index in [4.69, 9.17) is 0 Å². The molecule has 0 saturated heterocycles. The zero-order chi connectivity index (χ0) is 10.8. The van der Waals surface area contributed by atoms with Crippen LogP contribution in [0, 0.1) is 19.7 Å². The van der Waals surface area contributed by atoms with E-state index in [1.54, 1.807) is 6.20 Å². The zero-order valence-electron chi connectivity index (χ0n) is 8.79. The summed E-state index contributed by atoms with van der Waals surface area (Å²) in [7, 11) is 0. The topological polar surface area (TPSA) is 12.9 Å². The molecular formula is C13H12FN. The van der Waals surface area contributed by atoms with Crippen molar-refractivity contribution in [2.24, 2.45) is 0 Å². The molecule has 0 aliphatic heterocycles. The fourth-order valence-electron chi connectivity index (χ4n) is 1.83. The van der Waals surface area contributed by atoms with Crippen LogP contribution in [0.2, 0.25) is 0 Å². The van der Waals surface area contributed by atoms with Crippen molar-refractivity contribution < 1.29 is 4.39 Å². The van der Waals surface area contributed by atoms with Crippen LogP contribution in [0.5, 0.6) is 0 Å². The average Bonchev–Trinajstić information content (AvgIpc) is 2.17. The Kier molecular flexibility index (Phi) is 2.50. The lowest BCUT2D eigenvalue weighted by Gasteiger charge is -2.08. The van der Waals surface area contributed by atoms with Gasteiger partial charge in [-0.2, -0.15) is 0 Å². The normalized spacial score (nSPS) is 10.3. The van der Waals surface area contributed by atoms with E-state index in [2.05, 4.69) is 4.98 Å². The number of nitrogens with zero attached hydrogens (tertiary/aromatic N) is 1. The number of hydrogen-bond acceptors (Lipinski definition) is 1. The van der Waals surface area contributed by atoms with Gasteiger partial charge in [-0.1, -0.05) is 6.07 Å². The first kappa shape index (κ1) is 9.84. The molecule has 0 atom stereocenters. The second-order valence-corrected chi connectivity index (χ2v) is 3.63. The summed E-state index contributed by atoms with van der Waals surface area (Å²) in [5.41, 5.74) is 3.77. The van der Waals surface area contributed by atoms with Crippen LogP contribution >= 0.6 is 0 Å². The predicted octanol–water partition coefficient (Wildman–Crippen LogP) is 3.50. The van der Waals surface area contributed by atoms with E-state index < -0.39 is 0 Å². The number of aromatic nitrogens is 1. The first-order valence-electron chi connectivity index (χ1n) is 4.86. The molecule has 2 aromatic rings. The third kappa shape index (κ3) is 1.89. The molecule has 76 valence electrons.